The average Bonchev–Trinajstić information content (AvgIpc) is 2.72. The van der Waals surface area contributed by atoms with Crippen molar-refractivity contribution in [3.05, 3.63) is 0 Å². The molecule has 16 heavy (non-hydrogen) atoms. The Kier molecular flexibility index (Phi) is 7.55. The smallest absolute Gasteiger partial charge is 0.0201 e. The molecule has 1 N–H and O–H groups in total. The molecule has 0 amide bonds. The Bertz CT molecular complexity index is 172. The Balaban J connectivity index is 2.31. The van der Waals surface area contributed by atoms with Crippen LogP contribution >= 0.6 is 11.8 Å². The summed E-state index contributed by atoms with van der Waals surface area (Å²) in [5.74, 6) is 1.27. The first-order valence-corrected chi connectivity index (χ1v) is 8.24. The van der Waals surface area contributed by atoms with Crippen LogP contribution in [0.4, 0.5) is 0 Å². The van der Waals surface area contributed by atoms with Gasteiger partial charge in [-0.3, -0.25) is 0 Å². The monoisotopic (exact) mass is 243 g/mol. The quantitative estimate of drug-likeness (QED) is 0.685. The zero-order valence-corrected chi connectivity index (χ0v) is 12.1. The second-order valence-corrected chi connectivity index (χ2v) is 6.46. The van der Waals surface area contributed by atoms with Crippen molar-refractivity contribution >= 4 is 11.8 Å². The highest BCUT2D eigenvalue weighted by Gasteiger charge is 2.28. The van der Waals surface area contributed by atoms with E-state index in [1.165, 1.54) is 50.7 Å². The molecule has 1 saturated carbocycles. The first kappa shape index (κ1) is 14.4. The number of nitrogens with one attached hydrogen (secondary N) is 1. The van der Waals surface area contributed by atoms with Crippen LogP contribution in [-0.2, 0) is 0 Å². The van der Waals surface area contributed by atoms with Crippen molar-refractivity contribution in [3.8, 4) is 0 Å². The molecule has 1 fully saturated rings. The molecule has 0 spiro atoms. The summed E-state index contributed by atoms with van der Waals surface area (Å²) in [6.07, 6.45) is 9.63. The highest BCUT2D eigenvalue weighted by atomic mass is 32.2. The second kappa shape index (κ2) is 8.41. The summed E-state index contributed by atoms with van der Waals surface area (Å²) >= 11 is 2.16. The maximum Gasteiger partial charge on any atom is 0.0201 e. The van der Waals surface area contributed by atoms with E-state index in [0.29, 0.717) is 0 Å². The van der Waals surface area contributed by atoms with Crippen molar-refractivity contribution in [3.63, 3.8) is 0 Å². The highest BCUT2D eigenvalue weighted by molar-refractivity contribution is 7.99. The summed E-state index contributed by atoms with van der Waals surface area (Å²) < 4.78 is 0. The number of hydrogen-bond donors (Lipinski definition) is 1. The normalized spacial score (nSPS) is 27.2. The van der Waals surface area contributed by atoms with E-state index in [4.69, 9.17) is 0 Å². The van der Waals surface area contributed by atoms with Crippen molar-refractivity contribution in [1.29, 1.82) is 0 Å². The fourth-order valence-corrected chi connectivity index (χ4v) is 3.90. The largest absolute Gasteiger partial charge is 0.310 e. The van der Waals surface area contributed by atoms with Gasteiger partial charge in [-0.25, -0.2) is 0 Å². The number of unbranched alkanes of at least 4 members (excludes halogenated alkanes) is 1. The number of thioether (sulfide) groups is 1. The van der Waals surface area contributed by atoms with E-state index in [1.54, 1.807) is 0 Å². The lowest BCUT2D eigenvalue weighted by Gasteiger charge is -2.26. The van der Waals surface area contributed by atoms with Crippen LogP contribution in [0.3, 0.4) is 0 Å². The maximum atomic E-state index is 3.91. The first-order chi connectivity index (χ1) is 7.81. The van der Waals surface area contributed by atoms with Gasteiger partial charge in [0.1, 0.15) is 0 Å². The minimum atomic E-state index is 0.767. The standard InChI is InChI=1S/C14H29NS/c1-4-7-9-12(5-2)15-13-10-8-11-14(13)16-6-3/h12-15H,4-11H2,1-3H3. The van der Waals surface area contributed by atoms with Gasteiger partial charge < -0.3 is 5.32 Å². The van der Waals surface area contributed by atoms with Gasteiger partial charge in [0.05, 0.1) is 0 Å². The van der Waals surface area contributed by atoms with Crippen LogP contribution in [0.25, 0.3) is 0 Å². The van der Waals surface area contributed by atoms with Crippen LogP contribution in [0.15, 0.2) is 0 Å². The second-order valence-electron chi connectivity index (χ2n) is 4.95. The summed E-state index contributed by atoms with van der Waals surface area (Å²) in [5, 5.41) is 4.80. The Morgan fingerprint density at radius 1 is 1.25 bits per heavy atom. The molecular formula is C14H29NS. The first-order valence-electron chi connectivity index (χ1n) is 7.19. The van der Waals surface area contributed by atoms with Gasteiger partial charge in [-0.05, 0) is 31.4 Å². The van der Waals surface area contributed by atoms with Crippen LogP contribution in [0.5, 0.6) is 0 Å². The van der Waals surface area contributed by atoms with E-state index >= 15 is 0 Å². The molecule has 0 heterocycles. The van der Waals surface area contributed by atoms with E-state index in [2.05, 4.69) is 37.8 Å². The van der Waals surface area contributed by atoms with Crippen LogP contribution in [0, 0.1) is 0 Å². The lowest BCUT2D eigenvalue weighted by Crippen LogP contribution is -2.41. The lowest BCUT2D eigenvalue weighted by molar-refractivity contribution is 0.396. The van der Waals surface area contributed by atoms with Crippen molar-refractivity contribution < 1.29 is 0 Å². The molecule has 3 unspecified atom stereocenters. The van der Waals surface area contributed by atoms with E-state index < -0.39 is 0 Å². The van der Waals surface area contributed by atoms with Gasteiger partial charge >= 0.3 is 0 Å². The van der Waals surface area contributed by atoms with Crippen molar-refractivity contribution in [1.82, 2.24) is 5.32 Å². The molecule has 2 heteroatoms. The molecule has 0 aromatic rings. The van der Waals surface area contributed by atoms with Crippen molar-refractivity contribution in [2.45, 2.75) is 83.1 Å². The summed E-state index contributed by atoms with van der Waals surface area (Å²) in [5.41, 5.74) is 0. The zero-order valence-electron chi connectivity index (χ0n) is 11.3. The molecule has 0 radical (unpaired) electrons. The summed E-state index contributed by atoms with van der Waals surface area (Å²) in [6.45, 7) is 6.90. The van der Waals surface area contributed by atoms with Crippen molar-refractivity contribution in [2.75, 3.05) is 5.75 Å². The van der Waals surface area contributed by atoms with Crippen LogP contribution in [-0.4, -0.2) is 23.1 Å². The molecule has 0 aliphatic heterocycles. The van der Waals surface area contributed by atoms with Gasteiger partial charge in [0.15, 0.2) is 0 Å². The Morgan fingerprint density at radius 2 is 2.06 bits per heavy atom. The molecule has 0 aromatic heterocycles. The average molecular weight is 243 g/mol. The molecule has 0 saturated heterocycles. The molecule has 0 bridgehead atoms. The third-order valence-electron chi connectivity index (χ3n) is 3.68. The van der Waals surface area contributed by atoms with E-state index in [9.17, 15) is 0 Å². The van der Waals surface area contributed by atoms with Crippen LogP contribution in [0.2, 0.25) is 0 Å². The van der Waals surface area contributed by atoms with Crippen LogP contribution < -0.4 is 5.32 Å². The Hall–Kier alpha value is 0.310. The van der Waals surface area contributed by atoms with Crippen LogP contribution in [0.1, 0.15) is 65.7 Å². The van der Waals surface area contributed by atoms with Gasteiger partial charge in [-0.15, -0.1) is 0 Å². The molecule has 96 valence electrons. The predicted molar refractivity (Wildman–Crippen MR) is 76.3 cm³/mol. The molecule has 1 aliphatic carbocycles. The molecule has 3 atom stereocenters. The van der Waals surface area contributed by atoms with E-state index in [-0.39, 0.29) is 0 Å². The van der Waals surface area contributed by atoms with Gasteiger partial charge in [0, 0.05) is 17.3 Å². The summed E-state index contributed by atoms with van der Waals surface area (Å²) in [4.78, 5) is 0. The van der Waals surface area contributed by atoms with Gasteiger partial charge in [-0.2, -0.15) is 11.8 Å². The molecular weight excluding hydrogens is 214 g/mol. The third-order valence-corrected chi connectivity index (χ3v) is 5.01. The fourth-order valence-electron chi connectivity index (χ4n) is 2.69. The minimum Gasteiger partial charge on any atom is -0.310 e. The summed E-state index contributed by atoms with van der Waals surface area (Å²) in [6, 6.07) is 1.56. The highest BCUT2D eigenvalue weighted by Crippen LogP contribution is 2.30. The van der Waals surface area contributed by atoms with Gasteiger partial charge in [-0.1, -0.05) is 40.0 Å². The maximum absolute atomic E-state index is 3.91. The van der Waals surface area contributed by atoms with Gasteiger partial charge in [0.2, 0.25) is 0 Å². The number of rotatable bonds is 8. The molecule has 1 nitrogen and oxygen atoms in total. The van der Waals surface area contributed by atoms with Gasteiger partial charge in [0.25, 0.3) is 0 Å². The Morgan fingerprint density at radius 3 is 2.69 bits per heavy atom. The predicted octanol–water partition coefficient (Wildman–Crippen LogP) is 4.22. The Labute approximate surface area is 106 Å². The van der Waals surface area contributed by atoms with E-state index in [1.807, 2.05) is 0 Å². The minimum absolute atomic E-state index is 0.767. The summed E-state index contributed by atoms with van der Waals surface area (Å²) in [7, 11) is 0. The lowest BCUT2D eigenvalue weighted by atomic mass is 10.1. The third kappa shape index (κ3) is 4.67. The molecule has 1 aliphatic rings. The topological polar surface area (TPSA) is 12.0 Å². The molecule has 0 aromatic carbocycles. The van der Waals surface area contributed by atoms with Crippen molar-refractivity contribution in [2.24, 2.45) is 0 Å². The number of hydrogen-bond acceptors (Lipinski definition) is 2. The SMILES string of the molecule is CCCCC(CC)NC1CCCC1SCC. The zero-order chi connectivity index (χ0) is 11.8. The molecule has 1 rings (SSSR count). The van der Waals surface area contributed by atoms with E-state index in [0.717, 1.165) is 17.3 Å². The fraction of sp³-hybridized carbons (Fsp3) is 1.00.